The molecule has 0 amide bonds. The van der Waals surface area contributed by atoms with E-state index in [2.05, 4.69) is 0 Å². The molecule has 0 aromatic heterocycles. The van der Waals surface area contributed by atoms with Crippen LogP contribution in [0.3, 0.4) is 0 Å². The minimum Gasteiger partial charge on any atom is -0.499 e. The van der Waals surface area contributed by atoms with Gasteiger partial charge in [-0.25, -0.2) is 0 Å². The molecule has 0 radical (unpaired) electrons. The second-order valence-electron chi connectivity index (χ2n) is 0.753. The van der Waals surface area contributed by atoms with E-state index in [1.165, 1.54) is 0 Å². The average molecular weight is 127 g/mol. The fourth-order valence-corrected chi connectivity index (χ4v) is 0.0902. The summed E-state index contributed by atoms with van der Waals surface area (Å²) in [6.45, 7) is -0.0278. The maximum absolute atomic E-state index is 9.31. The second-order valence-corrected chi connectivity index (χ2v) is 0.753. The third kappa shape index (κ3) is 9.22. The number of carbonyl (C=O) groups is 1. The van der Waals surface area contributed by atoms with E-state index in [0.29, 0.717) is 0 Å². The van der Waals surface area contributed by atoms with Gasteiger partial charge in [0.2, 0.25) is 5.97 Å². The first kappa shape index (κ1) is 10.7. The molecule has 40 valence electrons. The van der Waals surface area contributed by atoms with Crippen LogP contribution in [0.4, 0.5) is 0 Å². The van der Waals surface area contributed by atoms with E-state index < -0.39 is 10.9 Å². The zero-order valence-corrected chi connectivity index (χ0v) is 6.20. The molecule has 0 aliphatic rings. The molecule has 0 bridgehead atoms. The third-order valence-electron chi connectivity index (χ3n) is 0.216. The molecule has 0 aliphatic carbocycles. The van der Waals surface area contributed by atoms with Gasteiger partial charge in [0, 0.05) is 6.54 Å². The first-order valence-electron chi connectivity index (χ1n) is 1.34. The van der Waals surface area contributed by atoms with Crippen LogP contribution in [0.5, 0.6) is 0 Å². The van der Waals surface area contributed by atoms with Gasteiger partial charge in [0.05, 0.1) is 0 Å². The molecule has 0 rings (SSSR count). The van der Waals surface area contributed by atoms with E-state index in [-0.39, 0.29) is 36.1 Å². The Bertz CT molecular complexity index is 90.2. The van der Waals surface area contributed by atoms with Crippen LogP contribution in [0.2, 0.25) is 0 Å². The van der Waals surface area contributed by atoms with E-state index in [1.807, 2.05) is 0 Å². The molecular weight excluding hydrogens is 125 g/mol. The Hall–Kier alpha value is -0.260. The number of nitrogens with zero attached hydrogens (tertiary/aromatic N) is 1. The molecule has 0 spiro atoms. The van der Waals surface area contributed by atoms with Crippen molar-refractivity contribution in [1.82, 2.24) is 0 Å². The van der Waals surface area contributed by atoms with Crippen molar-refractivity contribution in [2.75, 3.05) is 0 Å². The van der Waals surface area contributed by atoms with Crippen molar-refractivity contribution in [3.8, 4) is 0 Å². The minimum absolute atomic E-state index is 0. The van der Waals surface area contributed by atoms with Gasteiger partial charge in [0.1, 0.15) is 0 Å². The summed E-state index contributed by atoms with van der Waals surface area (Å²) >= 11 is 0. The molecule has 0 aromatic carbocycles. The summed E-state index contributed by atoms with van der Waals surface area (Å²) in [4.78, 5) is 17.5. The number of hydrogen-bond acceptors (Lipinski definition) is 3. The molecule has 0 heterocycles. The van der Waals surface area contributed by atoms with Gasteiger partial charge in [-0.1, -0.05) is 0 Å². The fraction of sp³-hybridized carbons (Fsp3) is 0. The van der Waals surface area contributed by atoms with Crippen LogP contribution in [-0.4, -0.2) is 16.0 Å². The average Bonchev–Trinajstić information content (AvgIpc) is 1.27. The Morgan fingerprint density at radius 2 is 2.12 bits per heavy atom. The van der Waals surface area contributed by atoms with Gasteiger partial charge >= 0.3 is 29.6 Å². The summed E-state index contributed by atoms with van der Waals surface area (Å²) in [6, 6.07) is 0. The second kappa shape index (κ2) is 4.89. The number of carboxylic acids is 1. The molecule has 8 heavy (non-hydrogen) atoms. The maximum Gasteiger partial charge on any atom is 1.00 e. The first-order valence-corrected chi connectivity index (χ1v) is 1.34. The Morgan fingerprint density at radius 3 is 2.12 bits per heavy atom. The van der Waals surface area contributed by atoms with Gasteiger partial charge in [-0.15, -0.1) is 4.92 Å². The monoisotopic (exact) mass is 127 g/mol. The van der Waals surface area contributed by atoms with Crippen molar-refractivity contribution in [3.63, 3.8) is 0 Å². The molecule has 0 saturated carbocycles. The molecule has 5 nitrogen and oxygen atoms in total. The number of carboxylic acid groups (broad SMARTS) is 1. The van der Waals surface area contributed by atoms with Gasteiger partial charge in [-0.3, -0.25) is 14.9 Å². The van der Waals surface area contributed by atoms with Crippen LogP contribution in [0.25, 0.3) is 0 Å². The van der Waals surface area contributed by atoms with Crippen molar-refractivity contribution >= 4 is 5.97 Å². The zero-order chi connectivity index (χ0) is 5.86. The molecule has 0 aliphatic heterocycles. The maximum atomic E-state index is 9.31. The van der Waals surface area contributed by atoms with Gasteiger partial charge in [-0.2, -0.15) is 0 Å². The van der Waals surface area contributed by atoms with Crippen LogP contribution in [0, 0.1) is 16.7 Å². The van der Waals surface area contributed by atoms with E-state index >= 15 is 0 Å². The first-order chi connectivity index (χ1) is 3.13. The summed E-state index contributed by atoms with van der Waals surface area (Å²) in [6.07, 6.45) is 0. The van der Waals surface area contributed by atoms with Gasteiger partial charge in [0.15, 0.2) is 0 Å². The standard InChI is InChI=1S/C2H2NO4.Na/c4-2(5)1-3(6)7;/h1H,(H,4,5);/q-1;+1. The van der Waals surface area contributed by atoms with E-state index in [0.717, 1.165) is 0 Å². The molecule has 1 N–H and O–H groups in total. The van der Waals surface area contributed by atoms with Crippen LogP contribution in [-0.2, 0) is 4.79 Å². The fourth-order valence-electron chi connectivity index (χ4n) is 0.0902. The van der Waals surface area contributed by atoms with Crippen molar-refractivity contribution in [2.24, 2.45) is 0 Å². The van der Waals surface area contributed by atoms with Gasteiger partial charge in [0.25, 0.3) is 0 Å². The van der Waals surface area contributed by atoms with Crippen molar-refractivity contribution in [3.05, 3.63) is 16.7 Å². The Labute approximate surface area is 67.1 Å². The zero-order valence-electron chi connectivity index (χ0n) is 4.20. The molecule has 0 unspecified atom stereocenters. The quantitative estimate of drug-likeness (QED) is 0.181. The Balaban J connectivity index is 0. The summed E-state index contributed by atoms with van der Waals surface area (Å²) in [5.74, 6) is -1.54. The SMILES string of the molecule is O=C(O)[CH-][N+](=O)[O-].[Na+]. The van der Waals surface area contributed by atoms with E-state index in [4.69, 9.17) is 5.11 Å². The number of nitro groups is 1. The van der Waals surface area contributed by atoms with Gasteiger partial charge in [-0.05, 0) is 0 Å². The van der Waals surface area contributed by atoms with Crippen LogP contribution >= 0.6 is 0 Å². The molecule has 0 aromatic rings. The normalized spacial score (nSPS) is 6.50. The van der Waals surface area contributed by atoms with Crippen molar-refractivity contribution in [1.29, 1.82) is 0 Å². The minimum atomic E-state index is -1.54. The smallest absolute Gasteiger partial charge is 0.499 e. The third-order valence-corrected chi connectivity index (χ3v) is 0.216. The summed E-state index contributed by atoms with van der Waals surface area (Å²) in [7, 11) is 0. The van der Waals surface area contributed by atoms with Gasteiger partial charge < -0.3 is 5.11 Å². The molecular formula is C2H2NNaO4. The number of hydrogen-bond donors (Lipinski definition) is 1. The summed E-state index contributed by atoms with van der Waals surface area (Å²) in [5.41, 5.74) is 0. The van der Waals surface area contributed by atoms with E-state index in [1.54, 1.807) is 0 Å². The van der Waals surface area contributed by atoms with Crippen molar-refractivity contribution < 1.29 is 44.4 Å². The van der Waals surface area contributed by atoms with Crippen molar-refractivity contribution in [2.45, 2.75) is 0 Å². The Kier molecular flexibility index (Phi) is 6.52. The molecule has 0 saturated heterocycles. The van der Waals surface area contributed by atoms with Crippen LogP contribution < -0.4 is 29.6 Å². The number of aliphatic carboxylic acids is 1. The summed E-state index contributed by atoms with van der Waals surface area (Å²) < 4.78 is 0. The van der Waals surface area contributed by atoms with Crippen LogP contribution in [0.1, 0.15) is 0 Å². The number of rotatable bonds is 2. The molecule has 0 fully saturated rings. The predicted octanol–water partition coefficient (Wildman–Crippen LogP) is -3.49. The molecule has 6 heteroatoms. The Morgan fingerprint density at radius 1 is 1.75 bits per heavy atom. The van der Waals surface area contributed by atoms with Crippen LogP contribution in [0.15, 0.2) is 0 Å². The van der Waals surface area contributed by atoms with E-state index in [9.17, 15) is 14.9 Å². The topological polar surface area (TPSA) is 80.4 Å². The molecule has 0 atom stereocenters. The predicted molar refractivity (Wildman–Crippen MR) is 18.9 cm³/mol. The summed E-state index contributed by atoms with van der Waals surface area (Å²) in [5, 5.41) is 16.8. The largest absolute Gasteiger partial charge is 1.00 e.